The first-order valence-corrected chi connectivity index (χ1v) is 7.60. The fraction of sp³-hybridized carbons (Fsp3) is 0. The molecular formula is C20H15FN2O2. The summed E-state index contributed by atoms with van der Waals surface area (Å²) in [5.74, 6) is -1.38. The molecule has 0 bridgehead atoms. The number of carboxylic acid groups (broad SMARTS) is 1. The van der Waals surface area contributed by atoms with Gasteiger partial charge in [0, 0.05) is 18.1 Å². The minimum absolute atomic E-state index is 0.142. The Hall–Kier alpha value is -3.47. The van der Waals surface area contributed by atoms with E-state index in [4.69, 9.17) is 0 Å². The van der Waals surface area contributed by atoms with Crippen LogP contribution in [-0.2, 0) is 0 Å². The van der Waals surface area contributed by atoms with E-state index in [1.54, 1.807) is 36.7 Å². The molecule has 2 N–H and O–H groups in total. The van der Waals surface area contributed by atoms with Gasteiger partial charge in [0.2, 0.25) is 0 Å². The average molecular weight is 334 g/mol. The molecule has 0 amide bonds. The van der Waals surface area contributed by atoms with Crippen molar-refractivity contribution in [3.63, 3.8) is 0 Å². The van der Waals surface area contributed by atoms with Crippen molar-refractivity contribution in [3.8, 4) is 0 Å². The number of carboxylic acids is 1. The van der Waals surface area contributed by atoms with E-state index in [-0.39, 0.29) is 11.4 Å². The molecule has 3 aromatic rings. The molecule has 0 saturated carbocycles. The average Bonchev–Trinajstić information content (AvgIpc) is 2.63. The molecule has 0 unspecified atom stereocenters. The number of anilines is 2. The van der Waals surface area contributed by atoms with Crippen molar-refractivity contribution in [2.24, 2.45) is 0 Å². The summed E-state index contributed by atoms with van der Waals surface area (Å²) < 4.78 is 13.0. The molecule has 25 heavy (non-hydrogen) atoms. The fourth-order valence-electron chi connectivity index (χ4n) is 2.31. The molecule has 5 heteroatoms. The largest absolute Gasteiger partial charge is 0.478 e. The fourth-order valence-corrected chi connectivity index (χ4v) is 2.31. The van der Waals surface area contributed by atoms with Gasteiger partial charge in [-0.2, -0.15) is 0 Å². The summed E-state index contributed by atoms with van der Waals surface area (Å²) in [6.45, 7) is 0. The quantitative estimate of drug-likeness (QED) is 0.701. The van der Waals surface area contributed by atoms with Crippen LogP contribution in [0.3, 0.4) is 0 Å². The summed E-state index contributed by atoms with van der Waals surface area (Å²) in [7, 11) is 0. The molecule has 0 atom stereocenters. The second kappa shape index (κ2) is 7.40. The molecule has 1 aromatic heterocycles. The van der Waals surface area contributed by atoms with E-state index in [1.807, 2.05) is 24.3 Å². The lowest BCUT2D eigenvalue weighted by atomic mass is 10.1. The number of hydrogen-bond donors (Lipinski definition) is 2. The molecule has 0 aliphatic heterocycles. The highest BCUT2D eigenvalue weighted by atomic mass is 19.1. The zero-order chi connectivity index (χ0) is 17.6. The summed E-state index contributed by atoms with van der Waals surface area (Å²) in [5, 5.41) is 12.4. The number of aromatic nitrogens is 1. The van der Waals surface area contributed by atoms with E-state index in [2.05, 4.69) is 10.3 Å². The van der Waals surface area contributed by atoms with Crippen molar-refractivity contribution in [1.29, 1.82) is 0 Å². The van der Waals surface area contributed by atoms with E-state index < -0.39 is 5.97 Å². The van der Waals surface area contributed by atoms with Crippen LogP contribution in [0.25, 0.3) is 12.2 Å². The molecule has 1 heterocycles. The van der Waals surface area contributed by atoms with Gasteiger partial charge in [-0.05, 0) is 53.6 Å². The molecule has 0 radical (unpaired) electrons. The third-order valence-electron chi connectivity index (χ3n) is 3.55. The standard InChI is InChI=1S/C20H15FN2O2/c21-16-6-8-17(9-7-16)23-19-12-14(5-10-18(19)20(24)25)3-4-15-2-1-11-22-13-15/h1-13,23H,(H,24,25)/b4-3+. The van der Waals surface area contributed by atoms with Gasteiger partial charge in [-0.15, -0.1) is 0 Å². The zero-order valence-corrected chi connectivity index (χ0v) is 13.2. The minimum Gasteiger partial charge on any atom is -0.478 e. The van der Waals surface area contributed by atoms with Crippen molar-refractivity contribution in [2.75, 3.05) is 5.32 Å². The van der Waals surface area contributed by atoms with Crippen molar-refractivity contribution in [2.45, 2.75) is 0 Å². The number of pyridine rings is 1. The first kappa shape index (κ1) is 16.4. The highest BCUT2D eigenvalue weighted by Gasteiger charge is 2.10. The Bertz CT molecular complexity index is 907. The van der Waals surface area contributed by atoms with Crippen LogP contribution in [0.15, 0.2) is 67.0 Å². The van der Waals surface area contributed by atoms with Gasteiger partial charge < -0.3 is 10.4 Å². The van der Waals surface area contributed by atoms with E-state index >= 15 is 0 Å². The van der Waals surface area contributed by atoms with Crippen molar-refractivity contribution in [3.05, 3.63) is 89.5 Å². The summed E-state index contributed by atoms with van der Waals surface area (Å²) in [4.78, 5) is 15.5. The van der Waals surface area contributed by atoms with Gasteiger partial charge in [-0.3, -0.25) is 4.98 Å². The molecule has 0 spiro atoms. The predicted molar refractivity (Wildman–Crippen MR) is 96.2 cm³/mol. The smallest absolute Gasteiger partial charge is 0.337 e. The number of nitrogens with zero attached hydrogens (tertiary/aromatic N) is 1. The normalized spacial score (nSPS) is 10.8. The predicted octanol–water partition coefficient (Wildman–Crippen LogP) is 4.83. The number of halogens is 1. The highest BCUT2D eigenvalue weighted by Crippen LogP contribution is 2.24. The molecule has 0 aliphatic rings. The maximum Gasteiger partial charge on any atom is 0.337 e. The number of aromatic carboxylic acids is 1. The van der Waals surface area contributed by atoms with Crippen LogP contribution < -0.4 is 5.32 Å². The first-order chi connectivity index (χ1) is 12.1. The Kier molecular flexibility index (Phi) is 4.85. The van der Waals surface area contributed by atoms with Crippen LogP contribution in [-0.4, -0.2) is 16.1 Å². The van der Waals surface area contributed by atoms with Crippen LogP contribution in [0.4, 0.5) is 15.8 Å². The molecule has 3 rings (SSSR count). The Balaban J connectivity index is 1.90. The van der Waals surface area contributed by atoms with Crippen LogP contribution in [0.1, 0.15) is 21.5 Å². The van der Waals surface area contributed by atoms with E-state index in [1.165, 1.54) is 18.2 Å². The topological polar surface area (TPSA) is 62.2 Å². The van der Waals surface area contributed by atoms with Gasteiger partial charge in [0.25, 0.3) is 0 Å². The minimum atomic E-state index is -1.03. The molecule has 0 fully saturated rings. The van der Waals surface area contributed by atoms with E-state index in [0.717, 1.165) is 11.1 Å². The van der Waals surface area contributed by atoms with Crippen molar-refractivity contribution < 1.29 is 14.3 Å². The molecule has 2 aromatic carbocycles. The summed E-state index contributed by atoms with van der Waals surface area (Å²) in [6, 6.07) is 14.5. The highest BCUT2D eigenvalue weighted by molar-refractivity contribution is 5.96. The maximum absolute atomic E-state index is 13.0. The Labute approximate surface area is 144 Å². The van der Waals surface area contributed by atoms with Crippen molar-refractivity contribution >= 4 is 29.5 Å². The SMILES string of the molecule is O=C(O)c1ccc(/C=C/c2cccnc2)cc1Nc1ccc(F)cc1. The lowest BCUT2D eigenvalue weighted by Crippen LogP contribution is -2.03. The van der Waals surface area contributed by atoms with Crippen LogP contribution in [0.2, 0.25) is 0 Å². The van der Waals surface area contributed by atoms with E-state index in [0.29, 0.717) is 11.4 Å². The number of carbonyl (C=O) groups is 1. The lowest BCUT2D eigenvalue weighted by Gasteiger charge is -2.11. The number of hydrogen-bond acceptors (Lipinski definition) is 3. The van der Waals surface area contributed by atoms with Crippen LogP contribution >= 0.6 is 0 Å². The molecular weight excluding hydrogens is 319 g/mol. The number of benzene rings is 2. The Morgan fingerprint density at radius 1 is 1.04 bits per heavy atom. The van der Waals surface area contributed by atoms with Crippen molar-refractivity contribution in [1.82, 2.24) is 4.98 Å². The summed E-state index contributed by atoms with van der Waals surface area (Å²) in [5.41, 5.74) is 2.96. The lowest BCUT2D eigenvalue weighted by molar-refractivity contribution is 0.0698. The molecule has 0 saturated heterocycles. The monoisotopic (exact) mass is 334 g/mol. The third kappa shape index (κ3) is 4.29. The van der Waals surface area contributed by atoms with Gasteiger partial charge in [-0.25, -0.2) is 9.18 Å². The van der Waals surface area contributed by atoms with Gasteiger partial charge >= 0.3 is 5.97 Å². The summed E-state index contributed by atoms with van der Waals surface area (Å²) in [6.07, 6.45) is 7.20. The second-order valence-electron chi connectivity index (χ2n) is 5.36. The van der Waals surface area contributed by atoms with Gasteiger partial charge in [0.05, 0.1) is 11.3 Å². The summed E-state index contributed by atoms with van der Waals surface area (Å²) >= 11 is 0. The maximum atomic E-state index is 13.0. The third-order valence-corrected chi connectivity index (χ3v) is 3.55. The van der Waals surface area contributed by atoms with Crippen LogP contribution in [0, 0.1) is 5.82 Å². The Morgan fingerprint density at radius 3 is 2.48 bits per heavy atom. The first-order valence-electron chi connectivity index (χ1n) is 7.60. The molecule has 0 aliphatic carbocycles. The molecule has 124 valence electrons. The van der Waals surface area contributed by atoms with Gasteiger partial charge in [-0.1, -0.05) is 24.3 Å². The zero-order valence-electron chi connectivity index (χ0n) is 13.2. The van der Waals surface area contributed by atoms with Gasteiger partial charge in [0.15, 0.2) is 0 Å². The van der Waals surface area contributed by atoms with E-state index in [9.17, 15) is 14.3 Å². The number of rotatable bonds is 5. The second-order valence-corrected chi connectivity index (χ2v) is 5.36. The molecule has 4 nitrogen and oxygen atoms in total. The van der Waals surface area contributed by atoms with Gasteiger partial charge in [0.1, 0.15) is 5.82 Å². The number of nitrogens with one attached hydrogen (secondary N) is 1. The van der Waals surface area contributed by atoms with Crippen LogP contribution in [0.5, 0.6) is 0 Å². The Morgan fingerprint density at radius 2 is 1.80 bits per heavy atom.